The van der Waals surface area contributed by atoms with E-state index in [1.165, 1.54) is 4.90 Å². The van der Waals surface area contributed by atoms with E-state index in [-0.39, 0.29) is 30.9 Å². The van der Waals surface area contributed by atoms with Crippen molar-refractivity contribution in [3.05, 3.63) is 35.9 Å². The second-order valence-corrected chi connectivity index (χ2v) is 12.1. The molecule has 5 fully saturated rings. The summed E-state index contributed by atoms with van der Waals surface area (Å²) in [7, 11) is 0. The average Bonchev–Trinajstić information content (AvgIpc) is 3.60. The van der Waals surface area contributed by atoms with Crippen LogP contribution in [0.15, 0.2) is 30.3 Å². The van der Waals surface area contributed by atoms with Gasteiger partial charge in [-0.3, -0.25) is 14.4 Å². The number of benzene rings is 1. The van der Waals surface area contributed by atoms with Gasteiger partial charge in [0.15, 0.2) is 12.3 Å². The topological polar surface area (TPSA) is 131 Å². The van der Waals surface area contributed by atoms with Gasteiger partial charge >= 0.3 is 17.9 Å². The second-order valence-electron chi connectivity index (χ2n) is 12.1. The standard InChI is InChI=1S/C27H32N2O8/c1-24(2,3)26(34)11-17-25(12-18(30)35-17)23(33)37-22-27(25,26)19(36-21(32)16-7-5-4-6-8-16)20(31)29(22)14-15-9-10-28-13-15/h4-8,15,17,19,22,28,34H,9-14H2,1-3H3/t15-,17-,19-,22-,25-,26+,27+/m0/s1. The first kappa shape index (κ1) is 24.4. The maximum absolute atomic E-state index is 14.2. The molecule has 1 aromatic carbocycles. The van der Waals surface area contributed by atoms with E-state index in [4.69, 9.17) is 14.2 Å². The lowest BCUT2D eigenvalue weighted by Gasteiger charge is -2.51. The van der Waals surface area contributed by atoms with E-state index in [0.717, 1.165) is 13.0 Å². The number of nitrogens with zero attached hydrogens (tertiary/aromatic N) is 1. The minimum Gasteiger partial charge on any atom is -0.461 e. The van der Waals surface area contributed by atoms with E-state index in [0.29, 0.717) is 6.54 Å². The van der Waals surface area contributed by atoms with Gasteiger partial charge in [-0.25, -0.2) is 4.79 Å². The Bertz CT molecular complexity index is 1170. The number of amides is 1. The summed E-state index contributed by atoms with van der Waals surface area (Å²) in [4.78, 5) is 55.4. The molecule has 4 aliphatic heterocycles. The zero-order valence-corrected chi connectivity index (χ0v) is 21.2. The Hall–Kier alpha value is -2.98. The van der Waals surface area contributed by atoms with Crippen LogP contribution in [0.2, 0.25) is 0 Å². The fourth-order valence-corrected chi connectivity index (χ4v) is 7.68. The summed E-state index contributed by atoms with van der Waals surface area (Å²) in [6.45, 7) is 7.17. The Balaban J connectivity index is 1.55. The molecule has 7 atom stereocenters. The predicted molar refractivity (Wildman–Crippen MR) is 127 cm³/mol. The van der Waals surface area contributed by atoms with Crippen molar-refractivity contribution in [2.75, 3.05) is 19.6 Å². The molecule has 0 unspecified atom stereocenters. The number of esters is 3. The highest BCUT2D eigenvalue weighted by atomic mass is 16.6. The highest BCUT2D eigenvalue weighted by molar-refractivity contribution is 5.99. The third kappa shape index (κ3) is 2.88. The number of nitrogens with one attached hydrogen (secondary N) is 1. The molecular formula is C27H32N2O8. The zero-order chi connectivity index (χ0) is 26.4. The van der Waals surface area contributed by atoms with Crippen LogP contribution < -0.4 is 5.32 Å². The van der Waals surface area contributed by atoms with Crippen LogP contribution >= 0.6 is 0 Å². The van der Waals surface area contributed by atoms with Crippen molar-refractivity contribution in [1.82, 2.24) is 10.2 Å². The van der Waals surface area contributed by atoms with Gasteiger partial charge in [0.2, 0.25) is 0 Å². The number of rotatable bonds is 4. The number of carbonyl (C=O) groups is 4. The fraction of sp³-hybridized carbons (Fsp3) is 0.630. The predicted octanol–water partition coefficient (Wildman–Crippen LogP) is 1.02. The molecule has 1 amide bonds. The SMILES string of the molecule is CC(C)(C)[C@]1(O)C[C@@H]2OC(=O)C[C@@]23C(=O)O[C@@H]2N(C[C@H]4CCNC4)C(=O)[C@H](OC(=O)c4ccccc4)[C@]213. The van der Waals surface area contributed by atoms with E-state index in [1.54, 1.807) is 30.3 Å². The number of hydrogen-bond acceptors (Lipinski definition) is 9. The van der Waals surface area contributed by atoms with Gasteiger partial charge in [-0.1, -0.05) is 39.0 Å². The van der Waals surface area contributed by atoms with Crippen LogP contribution in [0.1, 0.15) is 50.4 Å². The fourth-order valence-electron chi connectivity index (χ4n) is 7.68. The molecule has 10 nitrogen and oxygen atoms in total. The molecule has 0 bridgehead atoms. The molecule has 198 valence electrons. The first-order valence-electron chi connectivity index (χ1n) is 12.9. The molecular weight excluding hydrogens is 480 g/mol. The minimum atomic E-state index is -1.75. The quantitative estimate of drug-likeness (QED) is 0.448. The van der Waals surface area contributed by atoms with Gasteiger partial charge < -0.3 is 29.5 Å². The summed E-state index contributed by atoms with van der Waals surface area (Å²) in [5, 5.41) is 15.9. The van der Waals surface area contributed by atoms with Crippen molar-refractivity contribution in [2.24, 2.45) is 22.2 Å². The van der Waals surface area contributed by atoms with Crippen molar-refractivity contribution in [1.29, 1.82) is 0 Å². The Morgan fingerprint density at radius 3 is 2.57 bits per heavy atom. The number of carbonyl (C=O) groups excluding carboxylic acids is 4. The van der Waals surface area contributed by atoms with Crippen LogP contribution in [-0.2, 0) is 28.6 Å². The van der Waals surface area contributed by atoms with Gasteiger partial charge in [-0.2, -0.15) is 0 Å². The largest absolute Gasteiger partial charge is 0.461 e. The van der Waals surface area contributed by atoms with Crippen LogP contribution in [0.4, 0.5) is 0 Å². The summed E-state index contributed by atoms with van der Waals surface area (Å²) in [6, 6.07) is 8.25. The van der Waals surface area contributed by atoms with E-state index in [9.17, 15) is 24.3 Å². The molecule has 2 N–H and O–H groups in total. The minimum absolute atomic E-state index is 0.0701. The number of hydrogen-bond donors (Lipinski definition) is 2. The second kappa shape index (κ2) is 7.77. The number of aliphatic hydroxyl groups is 1. The van der Waals surface area contributed by atoms with Crippen molar-refractivity contribution in [3.8, 4) is 0 Å². The van der Waals surface area contributed by atoms with Crippen LogP contribution in [-0.4, -0.2) is 77.5 Å². The highest BCUT2D eigenvalue weighted by Gasteiger charge is 2.93. The summed E-state index contributed by atoms with van der Waals surface area (Å²) < 4.78 is 17.6. The molecule has 5 aliphatic rings. The summed E-state index contributed by atoms with van der Waals surface area (Å²) in [5.74, 6) is -2.49. The summed E-state index contributed by atoms with van der Waals surface area (Å²) >= 11 is 0. The Kier molecular flexibility index (Phi) is 5.11. The van der Waals surface area contributed by atoms with Gasteiger partial charge in [0.25, 0.3) is 5.91 Å². The highest BCUT2D eigenvalue weighted by Crippen LogP contribution is 2.76. The first-order chi connectivity index (χ1) is 17.5. The summed E-state index contributed by atoms with van der Waals surface area (Å²) in [5.41, 5.74) is -5.81. The van der Waals surface area contributed by atoms with E-state index < -0.39 is 64.1 Å². The average molecular weight is 513 g/mol. The van der Waals surface area contributed by atoms with Crippen LogP contribution in [0.25, 0.3) is 0 Å². The van der Waals surface area contributed by atoms with Crippen molar-refractivity contribution in [3.63, 3.8) is 0 Å². The van der Waals surface area contributed by atoms with E-state index in [1.807, 2.05) is 20.8 Å². The third-order valence-electron chi connectivity index (χ3n) is 9.42. The van der Waals surface area contributed by atoms with Gasteiger partial charge in [-0.15, -0.1) is 0 Å². The zero-order valence-electron chi connectivity index (χ0n) is 21.2. The summed E-state index contributed by atoms with van der Waals surface area (Å²) in [6.07, 6.45) is -3.35. The molecule has 0 aromatic heterocycles. The molecule has 4 heterocycles. The van der Waals surface area contributed by atoms with Crippen LogP contribution in [0.3, 0.4) is 0 Å². The van der Waals surface area contributed by atoms with E-state index >= 15 is 0 Å². The van der Waals surface area contributed by atoms with Crippen LogP contribution in [0.5, 0.6) is 0 Å². The smallest absolute Gasteiger partial charge is 0.338 e. The van der Waals surface area contributed by atoms with E-state index in [2.05, 4.69) is 5.32 Å². The van der Waals surface area contributed by atoms with Gasteiger partial charge in [0.05, 0.1) is 17.6 Å². The number of ether oxygens (including phenoxy) is 3. The number of likely N-dealkylation sites (tertiary alicyclic amines) is 1. The molecule has 4 saturated heterocycles. The lowest BCUT2D eigenvalue weighted by atomic mass is 9.52. The molecule has 2 spiro atoms. The van der Waals surface area contributed by atoms with Crippen molar-refractivity contribution in [2.45, 2.75) is 64.1 Å². The van der Waals surface area contributed by atoms with Crippen LogP contribution in [0, 0.1) is 22.2 Å². The van der Waals surface area contributed by atoms with Gasteiger partial charge in [0.1, 0.15) is 16.9 Å². The molecule has 1 saturated carbocycles. The van der Waals surface area contributed by atoms with Crippen molar-refractivity contribution < 1.29 is 38.5 Å². The lowest BCUT2D eigenvalue weighted by Crippen LogP contribution is -2.66. The third-order valence-corrected chi connectivity index (χ3v) is 9.42. The molecule has 0 radical (unpaired) electrons. The van der Waals surface area contributed by atoms with Crippen molar-refractivity contribution >= 4 is 23.8 Å². The Morgan fingerprint density at radius 2 is 1.92 bits per heavy atom. The van der Waals surface area contributed by atoms with Gasteiger partial charge in [-0.05, 0) is 43.0 Å². The molecule has 37 heavy (non-hydrogen) atoms. The normalized spacial score (nSPS) is 40.3. The van der Waals surface area contributed by atoms with Gasteiger partial charge in [0, 0.05) is 13.0 Å². The molecule has 6 rings (SSSR count). The Morgan fingerprint density at radius 1 is 1.19 bits per heavy atom. The lowest BCUT2D eigenvalue weighted by molar-refractivity contribution is -0.212. The maximum atomic E-state index is 14.2. The molecule has 10 heteroatoms. The molecule has 1 aromatic rings. The Labute approximate surface area is 214 Å². The maximum Gasteiger partial charge on any atom is 0.338 e. The first-order valence-corrected chi connectivity index (χ1v) is 12.9. The molecule has 1 aliphatic carbocycles. The monoisotopic (exact) mass is 512 g/mol.